The van der Waals surface area contributed by atoms with Gasteiger partial charge in [-0.1, -0.05) is 6.92 Å². The van der Waals surface area contributed by atoms with Gasteiger partial charge in [-0.15, -0.1) is 0 Å². The smallest absolute Gasteiger partial charge is 0.242 e. The number of hydrogen-bond donors (Lipinski definition) is 3. The number of carbonyl (C=O) groups is 2. The third-order valence-electron chi connectivity index (χ3n) is 4.36. The van der Waals surface area contributed by atoms with Gasteiger partial charge in [0.2, 0.25) is 11.8 Å². The normalized spacial score (nSPS) is 29.8. The van der Waals surface area contributed by atoms with E-state index in [1.807, 2.05) is 6.92 Å². The summed E-state index contributed by atoms with van der Waals surface area (Å²) < 4.78 is 0. The van der Waals surface area contributed by atoms with Gasteiger partial charge in [-0.2, -0.15) is 0 Å². The Kier molecular flexibility index (Phi) is 5.40. The first-order valence-electron chi connectivity index (χ1n) is 7.91. The molecule has 0 aromatic rings. The van der Waals surface area contributed by atoms with E-state index in [4.69, 9.17) is 0 Å². The van der Waals surface area contributed by atoms with E-state index < -0.39 is 6.04 Å². The maximum Gasteiger partial charge on any atom is 0.242 e. The van der Waals surface area contributed by atoms with Crippen molar-refractivity contribution >= 4 is 11.8 Å². The first-order valence-corrected chi connectivity index (χ1v) is 7.91. The summed E-state index contributed by atoms with van der Waals surface area (Å²) >= 11 is 0. The molecule has 3 N–H and O–H groups in total. The fourth-order valence-electron chi connectivity index (χ4n) is 3.37. The summed E-state index contributed by atoms with van der Waals surface area (Å²) in [6, 6.07) is 0.779. The Bertz CT molecular complexity index is 347. The third-order valence-corrected chi connectivity index (χ3v) is 4.36. The molecule has 20 heavy (non-hydrogen) atoms. The second kappa shape index (κ2) is 7.07. The van der Waals surface area contributed by atoms with E-state index in [1.165, 1.54) is 12.8 Å². The number of hydrogen-bond acceptors (Lipinski definition) is 3. The molecular weight excluding hydrogens is 254 g/mol. The quantitative estimate of drug-likeness (QED) is 0.678. The highest BCUT2D eigenvalue weighted by molar-refractivity contribution is 5.87. The highest BCUT2D eigenvalue weighted by Crippen LogP contribution is 2.32. The largest absolute Gasteiger partial charge is 0.354 e. The van der Waals surface area contributed by atoms with Crippen LogP contribution < -0.4 is 16.0 Å². The van der Waals surface area contributed by atoms with Gasteiger partial charge in [-0.25, -0.2) is 0 Å². The average Bonchev–Trinajstić information content (AvgIpc) is 2.75. The monoisotopic (exact) mass is 281 g/mol. The molecule has 5 heteroatoms. The molecule has 0 aliphatic carbocycles. The molecular formula is C15H27N3O2. The van der Waals surface area contributed by atoms with Crippen molar-refractivity contribution in [1.82, 2.24) is 16.0 Å². The van der Waals surface area contributed by atoms with Gasteiger partial charge in [0.1, 0.15) is 6.04 Å². The van der Waals surface area contributed by atoms with Crippen molar-refractivity contribution in [3.63, 3.8) is 0 Å². The molecule has 0 saturated carbocycles. The number of nitrogens with one attached hydrogen (secondary N) is 3. The van der Waals surface area contributed by atoms with Crippen LogP contribution in [0.2, 0.25) is 0 Å². The summed E-state index contributed by atoms with van der Waals surface area (Å²) in [5.74, 6) is 0.390. The van der Waals surface area contributed by atoms with E-state index in [1.54, 1.807) is 6.92 Å². The van der Waals surface area contributed by atoms with Crippen molar-refractivity contribution < 1.29 is 9.59 Å². The second-order valence-electron chi connectivity index (χ2n) is 6.26. The van der Waals surface area contributed by atoms with Gasteiger partial charge in [-0.05, 0) is 44.9 Å². The van der Waals surface area contributed by atoms with E-state index in [9.17, 15) is 9.59 Å². The summed E-state index contributed by atoms with van der Waals surface area (Å²) in [6.07, 6.45) is 6.15. The fourth-order valence-corrected chi connectivity index (χ4v) is 3.37. The Morgan fingerprint density at radius 3 is 2.50 bits per heavy atom. The van der Waals surface area contributed by atoms with Crippen molar-refractivity contribution in [3.05, 3.63) is 0 Å². The Balaban J connectivity index is 1.70. The predicted octanol–water partition coefficient (Wildman–Crippen LogP) is 0.938. The highest BCUT2D eigenvalue weighted by Gasteiger charge is 2.34. The lowest BCUT2D eigenvalue weighted by atomic mass is 9.89. The van der Waals surface area contributed by atoms with Gasteiger partial charge in [0.15, 0.2) is 0 Å². The molecule has 114 valence electrons. The summed E-state index contributed by atoms with van der Waals surface area (Å²) in [5, 5.41) is 9.20. The van der Waals surface area contributed by atoms with Crippen LogP contribution >= 0.6 is 0 Å². The van der Waals surface area contributed by atoms with Gasteiger partial charge in [0, 0.05) is 25.0 Å². The van der Waals surface area contributed by atoms with Gasteiger partial charge in [0.05, 0.1) is 0 Å². The van der Waals surface area contributed by atoms with Gasteiger partial charge < -0.3 is 16.0 Å². The van der Waals surface area contributed by atoms with E-state index in [0.717, 1.165) is 19.3 Å². The molecule has 0 aromatic carbocycles. The highest BCUT2D eigenvalue weighted by atomic mass is 16.2. The van der Waals surface area contributed by atoms with Crippen LogP contribution in [0.3, 0.4) is 0 Å². The molecule has 2 bridgehead atoms. The lowest BCUT2D eigenvalue weighted by molar-refractivity contribution is -0.129. The minimum absolute atomic E-state index is 0.00967. The van der Waals surface area contributed by atoms with Crippen LogP contribution in [0.15, 0.2) is 0 Å². The van der Waals surface area contributed by atoms with E-state index in [-0.39, 0.29) is 11.8 Å². The van der Waals surface area contributed by atoms with Crippen molar-refractivity contribution in [2.75, 3.05) is 6.54 Å². The number of carbonyl (C=O) groups excluding carboxylic acids is 2. The number of fused-ring (bicyclic) bond motifs is 2. The SMILES string of the molecule is CCCNC(=O)C(C)NC(=O)CC1CC2CCC(C1)N2. The molecule has 0 radical (unpaired) electrons. The van der Waals surface area contributed by atoms with E-state index >= 15 is 0 Å². The summed E-state index contributed by atoms with van der Waals surface area (Å²) in [5.41, 5.74) is 0. The van der Waals surface area contributed by atoms with Crippen molar-refractivity contribution in [2.24, 2.45) is 5.92 Å². The van der Waals surface area contributed by atoms with Gasteiger partial charge in [-0.3, -0.25) is 9.59 Å². The average molecular weight is 281 g/mol. The van der Waals surface area contributed by atoms with Crippen molar-refractivity contribution in [3.8, 4) is 0 Å². The molecule has 2 heterocycles. The Hall–Kier alpha value is -1.10. The standard InChI is InChI=1S/C15H27N3O2/c1-3-6-16-15(20)10(2)17-14(19)9-11-7-12-4-5-13(8-11)18-12/h10-13,18H,3-9H2,1-2H3,(H,16,20)(H,17,19). The maximum atomic E-state index is 12.0. The Morgan fingerprint density at radius 1 is 1.25 bits per heavy atom. The van der Waals surface area contributed by atoms with E-state index in [2.05, 4.69) is 16.0 Å². The number of piperidine rings is 1. The molecule has 2 aliphatic rings. The lowest BCUT2D eigenvalue weighted by Crippen LogP contribution is -2.46. The lowest BCUT2D eigenvalue weighted by Gasteiger charge is -2.28. The molecule has 2 fully saturated rings. The number of rotatable bonds is 6. The topological polar surface area (TPSA) is 70.2 Å². The zero-order chi connectivity index (χ0) is 14.5. The Morgan fingerprint density at radius 2 is 1.90 bits per heavy atom. The van der Waals surface area contributed by atoms with Crippen LogP contribution in [0.25, 0.3) is 0 Å². The molecule has 0 spiro atoms. The van der Waals surface area contributed by atoms with Crippen molar-refractivity contribution in [1.29, 1.82) is 0 Å². The van der Waals surface area contributed by atoms with E-state index in [0.29, 0.717) is 31.0 Å². The zero-order valence-corrected chi connectivity index (χ0v) is 12.6. The minimum atomic E-state index is -0.438. The number of amides is 2. The summed E-state index contributed by atoms with van der Waals surface area (Å²) in [4.78, 5) is 23.7. The third kappa shape index (κ3) is 4.20. The maximum absolute atomic E-state index is 12.0. The van der Waals surface area contributed by atoms with Crippen LogP contribution in [0.1, 0.15) is 52.4 Å². The van der Waals surface area contributed by atoms with Crippen LogP contribution in [0, 0.1) is 5.92 Å². The molecule has 0 aromatic heterocycles. The molecule has 2 aliphatic heterocycles. The Labute approximate surface area is 121 Å². The molecule has 2 rings (SSSR count). The first kappa shape index (κ1) is 15.3. The van der Waals surface area contributed by atoms with Crippen LogP contribution in [0.5, 0.6) is 0 Å². The fraction of sp³-hybridized carbons (Fsp3) is 0.867. The van der Waals surface area contributed by atoms with Crippen LogP contribution in [-0.2, 0) is 9.59 Å². The van der Waals surface area contributed by atoms with Gasteiger partial charge >= 0.3 is 0 Å². The molecule has 3 atom stereocenters. The minimum Gasteiger partial charge on any atom is -0.354 e. The molecule has 2 saturated heterocycles. The summed E-state index contributed by atoms with van der Waals surface area (Å²) in [6.45, 7) is 4.42. The van der Waals surface area contributed by atoms with Crippen LogP contribution in [0.4, 0.5) is 0 Å². The summed E-state index contributed by atoms with van der Waals surface area (Å²) in [7, 11) is 0. The zero-order valence-electron chi connectivity index (χ0n) is 12.6. The second-order valence-corrected chi connectivity index (χ2v) is 6.26. The first-order chi connectivity index (χ1) is 9.58. The van der Waals surface area contributed by atoms with Crippen LogP contribution in [-0.4, -0.2) is 36.5 Å². The molecule has 2 amide bonds. The van der Waals surface area contributed by atoms with Gasteiger partial charge in [0.25, 0.3) is 0 Å². The predicted molar refractivity (Wildman–Crippen MR) is 78.2 cm³/mol. The molecule has 3 unspecified atom stereocenters. The van der Waals surface area contributed by atoms with Crippen molar-refractivity contribution in [2.45, 2.75) is 70.5 Å². The molecule has 5 nitrogen and oxygen atoms in total.